The highest BCUT2D eigenvalue weighted by atomic mass is 16.6. The van der Waals surface area contributed by atoms with Crippen molar-refractivity contribution in [1.29, 1.82) is 0 Å². The molecule has 0 aliphatic heterocycles. The highest BCUT2D eigenvalue weighted by Gasteiger charge is 2.19. The predicted molar refractivity (Wildman–Crippen MR) is 362 cm³/mol. The summed E-state index contributed by atoms with van der Waals surface area (Å²) >= 11 is 0. The summed E-state index contributed by atoms with van der Waals surface area (Å²) < 4.78 is 17.0. The molecule has 0 aliphatic rings. The first-order valence-electron chi connectivity index (χ1n) is 36.1. The van der Waals surface area contributed by atoms with Gasteiger partial charge in [0.05, 0.1) is 0 Å². The van der Waals surface area contributed by atoms with E-state index in [2.05, 4.69) is 106 Å². The Hall–Kier alpha value is -3.41. The molecule has 480 valence electrons. The Morgan fingerprint density at radius 3 is 0.759 bits per heavy atom. The first-order chi connectivity index (χ1) is 41.0. The van der Waals surface area contributed by atoms with Crippen LogP contribution in [-0.2, 0) is 28.6 Å². The van der Waals surface area contributed by atoms with Gasteiger partial charge in [-0.05, 0) is 96.3 Å². The second-order valence-corrected chi connectivity index (χ2v) is 24.1. The fourth-order valence-corrected chi connectivity index (χ4v) is 10.5. The summed E-state index contributed by atoms with van der Waals surface area (Å²) in [6.45, 7) is 6.53. The van der Waals surface area contributed by atoms with E-state index >= 15 is 0 Å². The lowest BCUT2D eigenvalue weighted by atomic mass is 10.0. The molecule has 0 aliphatic carbocycles. The smallest absolute Gasteiger partial charge is 0.306 e. The van der Waals surface area contributed by atoms with E-state index in [0.29, 0.717) is 19.3 Å². The molecule has 0 radical (unpaired) electrons. The van der Waals surface area contributed by atoms with Crippen LogP contribution in [0.2, 0.25) is 0 Å². The molecule has 0 amide bonds. The van der Waals surface area contributed by atoms with Gasteiger partial charge in [0.1, 0.15) is 13.2 Å². The molecule has 83 heavy (non-hydrogen) atoms. The highest BCUT2D eigenvalue weighted by Crippen LogP contribution is 2.18. The van der Waals surface area contributed by atoms with Crippen molar-refractivity contribution in [3.05, 3.63) is 85.1 Å². The molecule has 0 saturated carbocycles. The van der Waals surface area contributed by atoms with Gasteiger partial charge in [-0.2, -0.15) is 0 Å². The zero-order valence-electron chi connectivity index (χ0n) is 55.2. The molecule has 0 aromatic heterocycles. The Morgan fingerprint density at radius 2 is 0.470 bits per heavy atom. The van der Waals surface area contributed by atoms with Crippen LogP contribution in [0.4, 0.5) is 0 Å². The number of carbonyl (C=O) groups is 3. The second kappa shape index (κ2) is 71.1. The quantitative estimate of drug-likeness (QED) is 0.0261. The number of carbonyl (C=O) groups excluding carboxylic acids is 3. The molecule has 0 aromatic carbocycles. The third kappa shape index (κ3) is 69.3. The van der Waals surface area contributed by atoms with Gasteiger partial charge in [-0.15, -0.1) is 0 Å². The fourth-order valence-electron chi connectivity index (χ4n) is 10.5. The first-order valence-corrected chi connectivity index (χ1v) is 36.1. The molecule has 6 heteroatoms. The summed E-state index contributed by atoms with van der Waals surface area (Å²) in [5, 5.41) is 0. The predicted octanol–water partition coefficient (Wildman–Crippen LogP) is 25.0. The van der Waals surface area contributed by atoms with E-state index in [4.69, 9.17) is 14.2 Å². The number of hydrogen-bond acceptors (Lipinski definition) is 6. The van der Waals surface area contributed by atoms with Crippen molar-refractivity contribution < 1.29 is 28.6 Å². The Balaban J connectivity index is 4.29. The Bertz CT molecular complexity index is 1570. The minimum Gasteiger partial charge on any atom is -0.462 e. The van der Waals surface area contributed by atoms with Crippen molar-refractivity contribution in [1.82, 2.24) is 0 Å². The molecule has 0 fully saturated rings. The molecule has 1 atom stereocenters. The van der Waals surface area contributed by atoms with Gasteiger partial charge in [-0.1, -0.05) is 337 Å². The minimum absolute atomic E-state index is 0.0864. The van der Waals surface area contributed by atoms with E-state index in [1.165, 1.54) is 231 Å². The van der Waals surface area contributed by atoms with Crippen LogP contribution < -0.4 is 0 Å². The van der Waals surface area contributed by atoms with E-state index in [1.807, 2.05) is 0 Å². The van der Waals surface area contributed by atoms with E-state index < -0.39 is 6.10 Å². The Kier molecular flexibility index (Phi) is 68.2. The standard InChI is InChI=1S/C77H136O6/c1-4-7-10-13-16-19-22-25-28-30-32-34-35-36-37-38-39-40-41-43-44-46-49-52-55-58-61-64-67-70-76(79)82-73-74(72-81-75(78)69-66-63-60-57-54-51-48-27-24-21-18-15-12-9-6-3)83-77(80)71-68-65-62-59-56-53-50-47-45-42-33-31-29-26-23-20-17-14-11-8-5-2/h9,12,18,21-22,25,27,30,32,35-36,48,54,57,74H,4-8,10-11,13-17,19-20,23-24,26,28-29,31,33-34,37-47,49-53,55-56,58-73H2,1-3H3/b12-9-,21-18-,25-22-,32-30-,36-35-,48-27-,57-54-. The van der Waals surface area contributed by atoms with Crippen molar-refractivity contribution in [2.75, 3.05) is 13.2 Å². The van der Waals surface area contributed by atoms with Gasteiger partial charge in [0.2, 0.25) is 0 Å². The zero-order chi connectivity index (χ0) is 59.9. The topological polar surface area (TPSA) is 78.9 Å². The van der Waals surface area contributed by atoms with Crippen LogP contribution in [0.15, 0.2) is 85.1 Å². The van der Waals surface area contributed by atoms with Gasteiger partial charge in [0, 0.05) is 19.3 Å². The third-order valence-electron chi connectivity index (χ3n) is 15.9. The zero-order valence-corrected chi connectivity index (χ0v) is 55.2. The lowest BCUT2D eigenvalue weighted by Gasteiger charge is -2.18. The van der Waals surface area contributed by atoms with Crippen molar-refractivity contribution >= 4 is 17.9 Å². The van der Waals surface area contributed by atoms with Crippen LogP contribution in [-0.4, -0.2) is 37.2 Å². The SMILES string of the molecule is CC/C=C\C/C=C\C/C=C\C/C=C\CCCCC(=O)OCC(COC(=O)CCCCCCCCCCCCCCCC/C=C\C/C=C\C/C=C\CCCCCCC)OC(=O)CCCCCCCCCCCCCCCCCCCCCCC. The Morgan fingerprint density at radius 1 is 0.253 bits per heavy atom. The average Bonchev–Trinajstić information content (AvgIpc) is 3.49. The molecule has 0 heterocycles. The summed E-state index contributed by atoms with van der Waals surface area (Å²) in [7, 11) is 0. The highest BCUT2D eigenvalue weighted by molar-refractivity contribution is 5.71. The summed E-state index contributed by atoms with van der Waals surface area (Å²) in [6.07, 6.45) is 94.8. The van der Waals surface area contributed by atoms with E-state index in [0.717, 1.165) is 96.3 Å². The van der Waals surface area contributed by atoms with Crippen molar-refractivity contribution in [3.63, 3.8) is 0 Å². The lowest BCUT2D eigenvalue weighted by Crippen LogP contribution is -2.30. The largest absolute Gasteiger partial charge is 0.462 e. The van der Waals surface area contributed by atoms with Crippen LogP contribution in [0.25, 0.3) is 0 Å². The normalized spacial score (nSPS) is 12.6. The first kappa shape index (κ1) is 79.6. The van der Waals surface area contributed by atoms with E-state index in [1.54, 1.807) is 0 Å². The third-order valence-corrected chi connectivity index (χ3v) is 15.9. The number of esters is 3. The summed E-state index contributed by atoms with van der Waals surface area (Å²) in [6, 6.07) is 0. The lowest BCUT2D eigenvalue weighted by molar-refractivity contribution is -0.167. The maximum atomic E-state index is 13.0. The van der Waals surface area contributed by atoms with Crippen LogP contribution >= 0.6 is 0 Å². The monoisotopic (exact) mass is 1160 g/mol. The van der Waals surface area contributed by atoms with Crippen LogP contribution in [0.1, 0.15) is 367 Å². The minimum atomic E-state index is -0.794. The molecule has 0 spiro atoms. The fraction of sp³-hybridized carbons (Fsp3) is 0.779. The van der Waals surface area contributed by atoms with Crippen molar-refractivity contribution in [2.45, 2.75) is 374 Å². The van der Waals surface area contributed by atoms with Gasteiger partial charge < -0.3 is 14.2 Å². The second-order valence-electron chi connectivity index (χ2n) is 24.1. The van der Waals surface area contributed by atoms with Gasteiger partial charge in [0.25, 0.3) is 0 Å². The number of unbranched alkanes of at least 4 members (excludes halogenated alkanes) is 41. The summed E-state index contributed by atoms with van der Waals surface area (Å²) in [4.78, 5) is 38.4. The van der Waals surface area contributed by atoms with Gasteiger partial charge in [-0.3, -0.25) is 14.4 Å². The summed E-state index contributed by atoms with van der Waals surface area (Å²) in [5.41, 5.74) is 0. The van der Waals surface area contributed by atoms with Gasteiger partial charge in [0.15, 0.2) is 6.10 Å². The van der Waals surface area contributed by atoms with Crippen LogP contribution in [0.5, 0.6) is 0 Å². The maximum Gasteiger partial charge on any atom is 0.306 e. The number of ether oxygens (including phenoxy) is 3. The molecule has 6 nitrogen and oxygen atoms in total. The van der Waals surface area contributed by atoms with E-state index in [-0.39, 0.29) is 31.1 Å². The van der Waals surface area contributed by atoms with Crippen LogP contribution in [0, 0.1) is 0 Å². The molecular formula is C77H136O6. The number of allylic oxidation sites excluding steroid dienone is 14. The molecule has 0 saturated heterocycles. The molecule has 0 bridgehead atoms. The Labute approximate surface area is 515 Å². The average molecular weight is 1160 g/mol. The number of rotatable bonds is 66. The maximum absolute atomic E-state index is 13.0. The molecular weight excluding hydrogens is 1020 g/mol. The molecule has 0 N–H and O–H groups in total. The van der Waals surface area contributed by atoms with Crippen molar-refractivity contribution in [3.8, 4) is 0 Å². The number of hydrogen-bond donors (Lipinski definition) is 0. The van der Waals surface area contributed by atoms with E-state index in [9.17, 15) is 14.4 Å². The molecule has 0 rings (SSSR count). The molecule has 0 aromatic rings. The van der Waals surface area contributed by atoms with Gasteiger partial charge >= 0.3 is 17.9 Å². The molecule has 1 unspecified atom stereocenters. The van der Waals surface area contributed by atoms with Gasteiger partial charge in [-0.25, -0.2) is 0 Å². The summed E-state index contributed by atoms with van der Waals surface area (Å²) in [5.74, 6) is -0.909. The van der Waals surface area contributed by atoms with Crippen molar-refractivity contribution in [2.24, 2.45) is 0 Å². The van der Waals surface area contributed by atoms with Crippen LogP contribution in [0.3, 0.4) is 0 Å².